The van der Waals surface area contributed by atoms with Crippen LogP contribution in [0.2, 0.25) is 0 Å². The monoisotopic (exact) mass is 161 g/mol. The van der Waals surface area contributed by atoms with Crippen LogP contribution in [-0.2, 0) is 0 Å². The zero-order valence-electron chi connectivity index (χ0n) is 7.65. The number of hydrogen-bond donors (Lipinski definition) is 0. The maximum atomic E-state index is 4.14. The summed E-state index contributed by atoms with van der Waals surface area (Å²) in [6.45, 7) is 0. The summed E-state index contributed by atoms with van der Waals surface area (Å²) >= 11 is 0. The van der Waals surface area contributed by atoms with E-state index in [0.29, 0.717) is 0 Å². The third-order valence-electron chi connectivity index (χ3n) is 1.32. The van der Waals surface area contributed by atoms with Gasteiger partial charge in [0.25, 0.3) is 0 Å². The Labute approximate surface area is 73.6 Å². The van der Waals surface area contributed by atoms with Crippen LogP contribution in [0, 0.1) is 0 Å². The molecule has 0 bridgehead atoms. The molecule has 1 aromatic heterocycles. The third-order valence-corrected chi connectivity index (χ3v) is 1.32. The zero-order valence-corrected chi connectivity index (χ0v) is 7.65. The van der Waals surface area contributed by atoms with E-state index in [4.69, 9.17) is 0 Å². The minimum absolute atomic E-state index is 0.745. The number of rotatable bonds is 2. The third kappa shape index (κ3) is 2.74. The molecule has 0 saturated carbocycles. The zero-order chi connectivity index (χ0) is 8.97. The van der Waals surface area contributed by atoms with Gasteiger partial charge in [-0.2, -0.15) is 0 Å². The molecule has 0 atom stereocenters. The van der Waals surface area contributed by atoms with Crippen LogP contribution in [0.1, 0.15) is 0 Å². The maximum absolute atomic E-state index is 4.14. The molecule has 0 unspecified atom stereocenters. The van der Waals surface area contributed by atoms with E-state index in [2.05, 4.69) is 9.98 Å². The van der Waals surface area contributed by atoms with E-state index < -0.39 is 0 Å². The molecule has 62 valence electrons. The van der Waals surface area contributed by atoms with Gasteiger partial charge in [0, 0.05) is 20.3 Å². The maximum Gasteiger partial charge on any atom is 0.153 e. The van der Waals surface area contributed by atoms with Gasteiger partial charge in [-0.15, -0.1) is 0 Å². The van der Waals surface area contributed by atoms with Gasteiger partial charge in [0.05, 0.1) is 6.34 Å². The second-order valence-corrected chi connectivity index (χ2v) is 2.90. The lowest BCUT2D eigenvalue weighted by molar-refractivity contribution is 0.643. The second kappa shape index (κ2) is 3.90. The molecule has 0 aromatic carbocycles. The fraction of sp³-hybridized carbons (Fsp3) is 0.250. The van der Waals surface area contributed by atoms with Crippen molar-refractivity contribution in [2.45, 2.75) is 0 Å². The number of pyridine rings is 1. The summed E-state index contributed by atoms with van der Waals surface area (Å²) in [7, 11) is 5.86. The summed E-state index contributed by atoms with van der Waals surface area (Å²) in [5.41, 5.74) is 1.15. The Morgan fingerprint density at radius 2 is 2.25 bits per heavy atom. The largest absolute Gasteiger partial charge is 0.369 e. The molecule has 0 amide bonds. The van der Waals surface area contributed by atoms with Gasteiger partial charge in [0.15, 0.2) is 5.82 Å². The molecule has 0 aliphatic heterocycles. The van der Waals surface area contributed by atoms with Crippen molar-refractivity contribution < 1.29 is 0 Å². The van der Waals surface area contributed by atoms with Crippen molar-refractivity contribution in [1.82, 2.24) is 9.88 Å². The Hall–Kier alpha value is -1.32. The van der Waals surface area contributed by atoms with Gasteiger partial charge < -0.3 is 4.90 Å². The van der Waals surface area contributed by atoms with Crippen LogP contribution in [0.3, 0.4) is 0 Å². The van der Waals surface area contributed by atoms with Crippen molar-refractivity contribution in [1.29, 1.82) is 0 Å². The molecule has 1 aromatic rings. The molecule has 0 aliphatic carbocycles. The SMILES string of the molecule is Bc1ccc(/N=C/N(C)C)nc1. The lowest BCUT2D eigenvalue weighted by Gasteiger charge is -2.01. The molecule has 0 fully saturated rings. The van der Waals surface area contributed by atoms with Crippen molar-refractivity contribution in [2.75, 3.05) is 14.1 Å². The number of hydrogen-bond acceptors (Lipinski definition) is 2. The molecular weight excluding hydrogens is 149 g/mol. The standard InChI is InChI=1S/C8H12BN3/c1-12(2)6-11-8-4-3-7(9)5-10-8/h3-6H,9H2,1-2H3/b11-6+. The highest BCUT2D eigenvalue weighted by molar-refractivity contribution is 6.32. The lowest BCUT2D eigenvalue weighted by Crippen LogP contribution is -2.07. The van der Waals surface area contributed by atoms with Crippen molar-refractivity contribution >= 4 is 25.5 Å². The summed E-state index contributed by atoms with van der Waals surface area (Å²) in [4.78, 5) is 10.1. The fourth-order valence-electron chi connectivity index (χ4n) is 0.711. The molecule has 1 rings (SSSR count). The van der Waals surface area contributed by atoms with Crippen LogP contribution in [0.5, 0.6) is 0 Å². The summed E-state index contributed by atoms with van der Waals surface area (Å²) in [5.74, 6) is 0.745. The van der Waals surface area contributed by atoms with Crippen LogP contribution in [-0.4, -0.2) is 38.2 Å². The summed E-state index contributed by atoms with van der Waals surface area (Å²) in [6, 6.07) is 3.89. The van der Waals surface area contributed by atoms with Crippen molar-refractivity contribution in [2.24, 2.45) is 4.99 Å². The predicted octanol–water partition coefficient (Wildman–Crippen LogP) is -0.439. The van der Waals surface area contributed by atoms with E-state index in [-0.39, 0.29) is 0 Å². The number of nitrogens with zero attached hydrogens (tertiary/aromatic N) is 3. The van der Waals surface area contributed by atoms with Crippen molar-refractivity contribution in [3.05, 3.63) is 18.3 Å². The average Bonchev–Trinajstić information content (AvgIpc) is 2.03. The molecule has 12 heavy (non-hydrogen) atoms. The van der Waals surface area contributed by atoms with Gasteiger partial charge in [-0.3, -0.25) is 0 Å². The highest BCUT2D eigenvalue weighted by Crippen LogP contribution is 2.01. The Morgan fingerprint density at radius 1 is 1.50 bits per heavy atom. The van der Waals surface area contributed by atoms with Crippen LogP contribution >= 0.6 is 0 Å². The summed E-state index contributed by atoms with van der Waals surface area (Å²) < 4.78 is 0. The Morgan fingerprint density at radius 3 is 2.75 bits per heavy atom. The van der Waals surface area contributed by atoms with Crippen LogP contribution in [0.15, 0.2) is 23.3 Å². The molecule has 0 spiro atoms. The van der Waals surface area contributed by atoms with Gasteiger partial charge in [-0.25, -0.2) is 9.98 Å². The Bertz CT molecular complexity index is 266. The molecule has 3 nitrogen and oxygen atoms in total. The first kappa shape index (κ1) is 8.78. The smallest absolute Gasteiger partial charge is 0.153 e. The van der Waals surface area contributed by atoms with E-state index in [0.717, 1.165) is 11.3 Å². The van der Waals surface area contributed by atoms with E-state index >= 15 is 0 Å². The van der Waals surface area contributed by atoms with Crippen LogP contribution in [0.25, 0.3) is 0 Å². The van der Waals surface area contributed by atoms with Gasteiger partial charge >= 0.3 is 0 Å². The fourth-order valence-corrected chi connectivity index (χ4v) is 0.711. The van der Waals surface area contributed by atoms with Gasteiger partial charge in [0.1, 0.15) is 7.85 Å². The molecule has 0 saturated heterocycles. The first-order chi connectivity index (χ1) is 5.68. The molecule has 0 aliphatic rings. The highest BCUT2D eigenvalue weighted by atomic mass is 15.1. The highest BCUT2D eigenvalue weighted by Gasteiger charge is 1.87. The first-order valence-electron chi connectivity index (χ1n) is 3.82. The normalized spacial score (nSPS) is 10.5. The lowest BCUT2D eigenvalue weighted by atomic mass is 9.99. The van der Waals surface area contributed by atoms with Gasteiger partial charge in [-0.1, -0.05) is 11.5 Å². The Balaban J connectivity index is 2.71. The van der Waals surface area contributed by atoms with Crippen molar-refractivity contribution in [3.8, 4) is 0 Å². The molecular formula is C8H12BN3. The topological polar surface area (TPSA) is 28.5 Å². The van der Waals surface area contributed by atoms with Crippen LogP contribution in [0.4, 0.5) is 5.82 Å². The number of aromatic nitrogens is 1. The second-order valence-electron chi connectivity index (χ2n) is 2.90. The average molecular weight is 161 g/mol. The minimum Gasteiger partial charge on any atom is -0.369 e. The van der Waals surface area contributed by atoms with Crippen molar-refractivity contribution in [3.63, 3.8) is 0 Å². The molecule has 1 heterocycles. The van der Waals surface area contributed by atoms with Crippen LogP contribution < -0.4 is 5.46 Å². The summed E-state index contributed by atoms with van der Waals surface area (Å²) in [5, 5.41) is 0. The first-order valence-corrected chi connectivity index (χ1v) is 3.82. The molecule has 0 radical (unpaired) electrons. The quantitative estimate of drug-likeness (QED) is 0.334. The van der Waals surface area contributed by atoms with Gasteiger partial charge in [-0.05, 0) is 6.07 Å². The van der Waals surface area contributed by atoms with E-state index in [9.17, 15) is 0 Å². The van der Waals surface area contributed by atoms with Gasteiger partial charge in [0.2, 0.25) is 0 Å². The number of aliphatic imine (C=N–C) groups is 1. The van der Waals surface area contributed by atoms with E-state index in [1.807, 2.05) is 45.2 Å². The molecule has 0 N–H and O–H groups in total. The summed E-state index contributed by atoms with van der Waals surface area (Å²) in [6.07, 6.45) is 3.54. The molecule has 4 heteroatoms. The van der Waals surface area contributed by atoms with E-state index in [1.54, 1.807) is 6.34 Å². The Kier molecular flexibility index (Phi) is 2.85. The minimum atomic E-state index is 0.745. The van der Waals surface area contributed by atoms with E-state index in [1.165, 1.54) is 0 Å². The predicted molar refractivity (Wildman–Crippen MR) is 54.3 cm³/mol.